The Labute approximate surface area is 158 Å². The smallest absolute Gasteiger partial charge is 0.274 e. The van der Waals surface area contributed by atoms with Gasteiger partial charge in [0, 0.05) is 23.7 Å². The molecule has 1 aliphatic rings. The highest BCUT2D eigenvalue weighted by atomic mass is 35.5. The summed E-state index contributed by atoms with van der Waals surface area (Å²) in [5, 5.41) is 3.33. The maximum absolute atomic E-state index is 12.7. The Balaban J connectivity index is 1.81. The summed E-state index contributed by atoms with van der Waals surface area (Å²) < 4.78 is 5.27. The monoisotopic (exact) mass is 374 g/mol. The highest BCUT2D eigenvalue weighted by Crippen LogP contribution is 2.29. The molecule has 1 atom stereocenters. The molecule has 0 bridgehead atoms. The molecule has 0 radical (unpaired) electrons. The highest BCUT2D eigenvalue weighted by molar-refractivity contribution is 6.31. The molecule has 26 heavy (non-hydrogen) atoms. The van der Waals surface area contributed by atoms with E-state index in [0.29, 0.717) is 28.2 Å². The number of piperidine rings is 1. The molecule has 1 aromatic carbocycles. The first-order valence-electron chi connectivity index (χ1n) is 8.86. The molecule has 0 spiro atoms. The van der Waals surface area contributed by atoms with E-state index in [2.05, 4.69) is 27.1 Å². The number of halogens is 1. The van der Waals surface area contributed by atoms with Crippen molar-refractivity contribution in [3.05, 3.63) is 41.3 Å². The minimum Gasteiger partial charge on any atom is -0.495 e. The van der Waals surface area contributed by atoms with E-state index in [0.717, 1.165) is 31.6 Å². The topological polar surface area (TPSA) is 67.4 Å². The Kier molecular flexibility index (Phi) is 5.93. The van der Waals surface area contributed by atoms with E-state index < -0.39 is 0 Å². The maximum Gasteiger partial charge on any atom is 0.274 e. The maximum atomic E-state index is 12.7. The van der Waals surface area contributed by atoms with Gasteiger partial charge in [0.2, 0.25) is 0 Å². The molecule has 1 N–H and O–H groups in total. The van der Waals surface area contributed by atoms with Gasteiger partial charge < -0.3 is 15.0 Å². The molecule has 1 unspecified atom stereocenters. The predicted molar refractivity (Wildman–Crippen MR) is 103 cm³/mol. The van der Waals surface area contributed by atoms with Crippen LogP contribution in [0.25, 0.3) is 0 Å². The number of ether oxygens (including phenoxy) is 1. The Bertz CT molecular complexity index is 784. The van der Waals surface area contributed by atoms with E-state index in [-0.39, 0.29) is 5.91 Å². The van der Waals surface area contributed by atoms with Gasteiger partial charge in [0.25, 0.3) is 5.91 Å². The van der Waals surface area contributed by atoms with Crippen LogP contribution in [0.15, 0.2) is 30.6 Å². The highest BCUT2D eigenvalue weighted by Gasteiger charge is 2.23. The Morgan fingerprint density at radius 1 is 1.35 bits per heavy atom. The third-order valence-corrected chi connectivity index (χ3v) is 4.92. The lowest BCUT2D eigenvalue weighted by Gasteiger charge is -2.36. The molecular weight excluding hydrogens is 352 g/mol. The number of carbonyl (C=O) groups is 1. The van der Waals surface area contributed by atoms with Crippen molar-refractivity contribution in [3.63, 3.8) is 0 Å². The van der Waals surface area contributed by atoms with Crippen LogP contribution in [-0.4, -0.2) is 35.6 Å². The molecule has 3 rings (SSSR count). The van der Waals surface area contributed by atoms with Crippen molar-refractivity contribution in [3.8, 4) is 5.75 Å². The number of methoxy groups -OCH3 is 1. The van der Waals surface area contributed by atoms with Crippen LogP contribution in [-0.2, 0) is 0 Å². The fourth-order valence-electron chi connectivity index (χ4n) is 3.32. The van der Waals surface area contributed by atoms with Gasteiger partial charge in [-0.15, -0.1) is 0 Å². The second-order valence-corrected chi connectivity index (χ2v) is 6.75. The standard InChI is InChI=1S/C19H23ClN4O2/c1-3-14-6-4-5-9-24(14)18-11-16(21-12-22-18)19(25)23-15-10-13(20)7-8-17(15)26-2/h7-8,10-12,14H,3-6,9H2,1-2H3,(H,23,25). The number of hydrogen-bond acceptors (Lipinski definition) is 5. The van der Waals surface area contributed by atoms with Crippen molar-refractivity contribution in [2.75, 3.05) is 23.9 Å². The average Bonchev–Trinajstić information content (AvgIpc) is 2.68. The van der Waals surface area contributed by atoms with E-state index in [1.165, 1.54) is 12.7 Å². The lowest BCUT2D eigenvalue weighted by molar-refractivity contribution is 0.102. The van der Waals surface area contributed by atoms with Crippen LogP contribution >= 0.6 is 11.6 Å². The second-order valence-electron chi connectivity index (χ2n) is 6.31. The number of carbonyl (C=O) groups excluding carboxylic acids is 1. The predicted octanol–water partition coefficient (Wildman–Crippen LogP) is 4.16. The summed E-state index contributed by atoms with van der Waals surface area (Å²) in [6.45, 7) is 3.14. The number of rotatable bonds is 5. The van der Waals surface area contributed by atoms with Crippen molar-refractivity contribution < 1.29 is 9.53 Å². The van der Waals surface area contributed by atoms with Crippen LogP contribution in [0, 0.1) is 0 Å². The molecular formula is C19H23ClN4O2. The molecule has 1 amide bonds. The number of nitrogens with one attached hydrogen (secondary N) is 1. The number of nitrogens with zero attached hydrogens (tertiary/aromatic N) is 3. The van der Waals surface area contributed by atoms with E-state index in [4.69, 9.17) is 16.3 Å². The minimum absolute atomic E-state index is 0.317. The number of benzene rings is 1. The summed E-state index contributed by atoms with van der Waals surface area (Å²) in [6, 6.07) is 7.28. The molecule has 1 saturated heterocycles. The van der Waals surface area contributed by atoms with Crippen LogP contribution in [0.3, 0.4) is 0 Å². The number of hydrogen-bond donors (Lipinski definition) is 1. The lowest BCUT2D eigenvalue weighted by Crippen LogP contribution is -2.39. The van der Waals surface area contributed by atoms with Crippen LogP contribution in [0.5, 0.6) is 5.75 Å². The van der Waals surface area contributed by atoms with E-state index in [1.807, 2.05) is 0 Å². The molecule has 1 aliphatic heterocycles. The average molecular weight is 375 g/mol. The number of aromatic nitrogens is 2. The van der Waals surface area contributed by atoms with Gasteiger partial charge in [-0.05, 0) is 43.9 Å². The van der Waals surface area contributed by atoms with Gasteiger partial charge in [-0.25, -0.2) is 9.97 Å². The molecule has 138 valence electrons. The van der Waals surface area contributed by atoms with Gasteiger partial charge in [0.1, 0.15) is 23.6 Å². The molecule has 2 aromatic rings. The number of amides is 1. The molecule has 7 heteroatoms. The summed E-state index contributed by atoms with van der Waals surface area (Å²) >= 11 is 6.02. The largest absolute Gasteiger partial charge is 0.495 e. The minimum atomic E-state index is -0.320. The summed E-state index contributed by atoms with van der Waals surface area (Å²) in [4.78, 5) is 23.5. The molecule has 0 aliphatic carbocycles. The molecule has 1 aromatic heterocycles. The van der Waals surface area contributed by atoms with Crippen LogP contribution in [0.4, 0.5) is 11.5 Å². The van der Waals surface area contributed by atoms with Gasteiger partial charge in [0.15, 0.2) is 0 Å². The summed E-state index contributed by atoms with van der Waals surface area (Å²) in [6.07, 6.45) is 6.04. The summed E-state index contributed by atoms with van der Waals surface area (Å²) in [5.74, 6) is 1.02. The van der Waals surface area contributed by atoms with Crippen LogP contribution in [0.2, 0.25) is 5.02 Å². The Morgan fingerprint density at radius 3 is 2.96 bits per heavy atom. The first-order valence-corrected chi connectivity index (χ1v) is 9.23. The molecule has 1 fully saturated rings. The van der Waals surface area contributed by atoms with Gasteiger partial charge in [-0.1, -0.05) is 18.5 Å². The lowest BCUT2D eigenvalue weighted by atomic mass is 10.00. The van der Waals surface area contributed by atoms with Crippen LogP contribution < -0.4 is 15.0 Å². The van der Waals surface area contributed by atoms with Gasteiger partial charge in [-0.3, -0.25) is 4.79 Å². The first kappa shape index (κ1) is 18.5. The molecule has 0 saturated carbocycles. The molecule has 6 nitrogen and oxygen atoms in total. The van der Waals surface area contributed by atoms with Crippen molar-refractivity contribution >= 4 is 29.0 Å². The number of anilines is 2. The SMILES string of the molecule is CCC1CCCCN1c1cc(C(=O)Nc2cc(Cl)ccc2OC)ncn1. The summed E-state index contributed by atoms with van der Waals surface area (Å²) in [7, 11) is 1.54. The van der Waals surface area contributed by atoms with Crippen molar-refractivity contribution in [1.29, 1.82) is 0 Å². The fraction of sp³-hybridized carbons (Fsp3) is 0.421. The van der Waals surface area contributed by atoms with E-state index >= 15 is 0 Å². The van der Waals surface area contributed by atoms with Crippen molar-refractivity contribution in [1.82, 2.24) is 9.97 Å². The van der Waals surface area contributed by atoms with Gasteiger partial charge in [0.05, 0.1) is 12.8 Å². The first-order chi connectivity index (χ1) is 12.6. The van der Waals surface area contributed by atoms with Gasteiger partial charge >= 0.3 is 0 Å². The van der Waals surface area contributed by atoms with Crippen molar-refractivity contribution in [2.45, 2.75) is 38.6 Å². The van der Waals surface area contributed by atoms with Crippen LogP contribution in [0.1, 0.15) is 43.1 Å². The zero-order valence-corrected chi connectivity index (χ0v) is 15.8. The van der Waals surface area contributed by atoms with E-state index in [9.17, 15) is 4.79 Å². The third-order valence-electron chi connectivity index (χ3n) is 4.69. The van der Waals surface area contributed by atoms with Crippen molar-refractivity contribution in [2.24, 2.45) is 0 Å². The fourth-order valence-corrected chi connectivity index (χ4v) is 3.49. The van der Waals surface area contributed by atoms with Gasteiger partial charge in [-0.2, -0.15) is 0 Å². The third kappa shape index (κ3) is 4.07. The zero-order chi connectivity index (χ0) is 18.5. The normalized spacial score (nSPS) is 17.0. The zero-order valence-electron chi connectivity index (χ0n) is 15.0. The Morgan fingerprint density at radius 2 is 2.19 bits per heavy atom. The van der Waals surface area contributed by atoms with E-state index in [1.54, 1.807) is 31.4 Å². The molecule has 2 heterocycles. The quantitative estimate of drug-likeness (QED) is 0.851. The summed E-state index contributed by atoms with van der Waals surface area (Å²) in [5.41, 5.74) is 0.826. The second kappa shape index (κ2) is 8.36. The Hall–Kier alpha value is -2.34.